The van der Waals surface area contributed by atoms with Crippen molar-refractivity contribution in [2.75, 3.05) is 23.7 Å². The van der Waals surface area contributed by atoms with E-state index >= 15 is 0 Å². The van der Waals surface area contributed by atoms with Crippen LogP contribution in [0.4, 0.5) is 11.4 Å². The molecule has 3 nitrogen and oxygen atoms in total. The highest BCUT2D eigenvalue weighted by molar-refractivity contribution is 5.89. The number of hydrogen-bond donors (Lipinski definition) is 1. The largest absolute Gasteiger partial charge is 0.397 e. The zero-order chi connectivity index (χ0) is 11.7. The van der Waals surface area contributed by atoms with E-state index in [-0.39, 0.29) is 0 Å². The van der Waals surface area contributed by atoms with Gasteiger partial charge in [0, 0.05) is 24.7 Å². The summed E-state index contributed by atoms with van der Waals surface area (Å²) in [5.74, 6) is 0. The number of piperidine rings is 1. The van der Waals surface area contributed by atoms with Crippen molar-refractivity contribution in [2.45, 2.75) is 19.3 Å². The fraction of sp³-hybridized carbons (Fsp3) is 0.357. The summed E-state index contributed by atoms with van der Waals surface area (Å²) < 4.78 is 0. The molecular weight excluding hydrogens is 210 g/mol. The first kappa shape index (κ1) is 10.4. The molecule has 0 atom stereocenters. The molecule has 2 heterocycles. The van der Waals surface area contributed by atoms with E-state index in [4.69, 9.17) is 5.73 Å². The second kappa shape index (κ2) is 4.24. The number of pyridine rings is 1. The van der Waals surface area contributed by atoms with Gasteiger partial charge in [-0.1, -0.05) is 6.07 Å². The summed E-state index contributed by atoms with van der Waals surface area (Å²) in [5.41, 5.74) is 9.19. The molecule has 1 aliphatic heterocycles. The Morgan fingerprint density at radius 3 is 2.76 bits per heavy atom. The highest BCUT2D eigenvalue weighted by atomic mass is 15.1. The van der Waals surface area contributed by atoms with E-state index in [1.165, 1.54) is 19.3 Å². The van der Waals surface area contributed by atoms with Gasteiger partial charge in [-0.05, 0) is 37.5 Å². The van der Waals surface area contributed by atoms with Crippen molar-refractivity contribution in [3.8, 4) is 0 Å². The lowest BCUT2D eigenvalue weighted by atomic mass is 10.1. The molecule has 0 unspecified atom stereocenters. The molecule has 3 rings (SSSR count). The zero-order valence-electron chi connectivity index (χ0n) is 9.89. The Morgan fingerprint density at radius 1 is 1.12 bits per heavy atom. The highest BCUT2D eigenvalue weighted by Crippen LogP contribution is 2.30. The lowest BCUT2D eigenvalue weighted by Crippen LogP contribution is -2.30. The monoisotopic (exact) mass is 227 g/mol. The summed E-state index contributed by atoms with van der Waals surface area (Å²) in [7, 11) is 0. The quantitative estimate of drug-likeness (QED) is 0.762. The van der Waals surface area contributed by atoms with Gasteiger partial charge in [-0.25, -0.2) is 0 Å². The Bertz CT molecular complexity index is 530. The molecule has 1 aliphatic rings. The number of anilines is 2. The number of nitrogens with two attached hydrogens (primary N) is 1. The third-order valence-corrected chi connectivity index (χ3v) is 3.45. The molecule has 3 heteroatoms. The van der Waals surface area contributed by atoms with Crippen molar-refractivity contribution in [3.63, 3.8) is 0 Å². The van der Waals surface area contributed by atoms with E-state index in [0.717, 1.165) is 35.4 Å². The summed E-state index contributed by atoms with van der Waals surface area (Å²) in [6.07, 6.45) is 5.69. The summed E-state index contributed by atoms with van der Waals surface area (Å²) in [6.45, 7) is 2.23. The summed E-state index contributed by atoms with van der Waals surface area (Å²) in [5, 5.41) is 1.12. The minimum atomic E-state index is 0.868. The molecule has 1 fully saturated rings. The molecule has 1 aromatic heterocycles. The predicted octanol–water partition coefficient (Wildman–Crippen LogP) is 2.81. The number of hydrogen-bond acceptors (Lipinski definition) is 3. The number of benzene rings is 1. The molecule has 2 aromatic rings. The van der Waals surface area contributed by atoms with Crippen LogP contribution in [0.5, 0.6) is 0 Å². The van der Waals surface area contributed by atoms with Gasteiger partial charge in [0.05, 0.1) is 16.9 Å². The topological polar surface area (TPSA) is 42.1 Å². The summed E-state index contributed by atoms with van der Waals surface area (Å²) in [4.78, 5) is 6.78. The van der Waals surface area contributed by atoms with Gasteiger partial charge < -0.3 is 10.6 Å². The molecule has 0 aliphatic carbocycles. The average Bonchev–Trinajstić information content (AvgIpc) is 2.39. The van der Waals surface area contributed by atoms with Crippen molar-refractivity contribution in [1.82, 2.24) is 4.98 Å². The van der Waals surface area contributed by atoms with Crippen LogP contribution in [0.2, 0.25) is 0 Å². The molecule has 17 heavy (non-hydrogen) atoms. The molecule has 0 saturated carbocycles. The maximum Gasteiger partial charge on any atom is 0.0724 e. The number of aromatic nitrogens is 1. The van der Waals surface area contributed by atoms with E-state index in [1.807, 2.05) is 18.3 Å². The van der Waals surface area contributed by atoms with Crippen LogP contribution >= 0.6 is 0 Å². The third-order valence-electron chi connectivity index (χ3n) is 3.45. The van der Waals surface area contributed by atoms with Crippen LogP contribution in [-0.2, 0) is 0 Å². The SMILES string of the molecule is Nc1cc2cccnc2cc1N1CCCCC1. The summed E-state index contributed by atoms with van der Waals surface area (Å²) in [6, 6.07) is 8.16. The van der Waals surface area contributed by atoms with Gasteiger partial charge in [0.2, 0.25) is 0 Å². The number of nitrogen functional groups attached to an aromatic ring is 1. The minimum absolute atomic E-state index is 0.868. The van der Waals surface area contributed by atoms with Gasteiger partial charge in [0.1, 0.15) is 0 Å². The molecule has 1 aromatic carbocycles. The first-order valence-electron chi connectivity index (χ1n) is 6.24. The van der Waals surface area contributed by atoms with Crippen LogP contribution in [0.15, 0.2) is 30.5 Å². The van der Waals surface area contributed by atoms with E-state index < -0.39 is 0 Å². The van der Waals surface area contributed by atoms with Crippen LogP contribution in [0, 0.1) is 0 Å². The van der Waals surface area contributed by atoms with Gasteiger partial charge in [-0.3, -0.25) is 4.98 Å². The van der Waals surface area contributed by atoms with Crippen LogP contribution in [0.1, 0.15) is 19.3 Å². The lowest BCUT2D eigenvalue weighted by Gasteiger charge is -2.30. The Kier molecular flexibility index (Phi) is 2.59. The Morgan fingerprint density at radius 2 is 1.94 bits per heavy atom. The van der Waals surface area contributed by atoms with E-state index in [2.05, 4.69) is 22.0 Å². The number of fused-ring (bicyclic) bond motifs is 1. The Balaban J connectivity index is 2.06. The fourth-order valence-electron chi connectivity index (χ4n) is 2.54. The van der Waals surface area contributed by atoms with Gasteiger partial charge >= 0.3 is 0 Å². The molecular formula is C14H17N3. The van der Waals surface area contributed by atoms with Crippen LogP contribution in [0.3, 0.4) is 0 Å². The fourth-order valence-corrected chi connectivity index (χ4v) is 2.54. The highest BCUT2D eigenvalue weighted by Gasteiger charge is 2.14. The van der Waals surface area contributed by atoms with Gasteiger partial charge in [0.15, 0.2) is 0 Å². The number of rotatable bonds is 1. The van der Waals surface area contributed by atoms with E-state index in [0.29, 0.717) is 0 Å². The Labute approximate surface area is 101 Å². The van der Waals surface area contributed by atoms with Crippen molar-refractivity contribution < 1.29 is 0 Å². The maximum atomic E-state index is 6.15. The zero-order valence-corrected chi connectivity index (χ0v) is 9.89. The second-order valence-electron chi connectivity index (χ2n) is 4.65. The first-order valence-corrected chi connectivity index (χ1v) is 6.24. The van der Waals surface area contributed by atoms with Gasteiger partial charge in [0.25, 0.3) is 0 Å². The normalized spacial score (nSPS) is 16.4. The molecule has 2 N–H and O–H groups in total. The van der Waals surface area contributed by atoms with Crippen molar-refractivity contribution in [2.24, 2.45) is 0 Å². The predicted molar refractivity (Wildman–Crippen MR) is 72.2 cm³/mol. The van der Waals surface area contributed by atoms with E-state index in [1.54, 1.807) is 0 Å². The standard InChI is InChI=1S/C14H17N3/c15-12-9-11-5-4-6-16-13(11)10-14(12)17-7-2-1-3-8-17/h4-6,9-10H,1-3,7-8,15H2. The van der Waals surface area contributed by atoms with Crippen LogP contribution < -0.4 is 10.6 Å². The lowest BCUT2D eigenvalue weighted by molar-refractivity contribution is 0.578. The second-order valence-corrected chi connectivity index (χ2v) is 4.65. The van der Waals surface area contributed by atoms with Crippen molar-refractivity contribution in [1.29, 1.82) is 0 Å². The van der Waals surface area contributed by atoms with Gasteiger partial charge in [-0.2, -0.15) is 0 Å². The average molecular weight is 227 g/mol. The number of nitrogens with zero attached hydrogens (tertiary/aromatic N) is 2. The van der Waals surface area contributed by atoms with Crippen LogP contribution in [0.25, 0.3) is 10.9 Å². The molecule has 0 amide bonds. The van der Waals surface area contributed by atoms with Crippen molar-refractivity contribution in [3.05, 3.63) is 30.5 Å². The smallest absolute Gasteiger partial charge is 0.0724 e. The Hall–Kier alpha value is -1.77. The first-order chi connectivity index (χ1) is 8.34. The minimum Gasteiger partial charge on any atom is -0.397 e. The van der Waals surface area contributed by atoms with Crippen LogP contribution in [-0.4, -0.2) is 18.1 Å². The summed E-state index contributed by atoms with van der Waals surface area (Å²) >= 11 is 0. The maximum absolute atomic E-state index is 6.15. The molecule has 0 spiro atoms. The molecule has 88 valence electrons. The third kappa shape index (κ3) is 1.93. The van der Waals surface area contributed by atoms with E-state index in [9.17, 15) is 0 Å². The molecule has 0 bridgehead atoms. The van der Waals surface area contributed by atoms with Crippen molar-refractivity contribution >= 4 is 22.3 Å². The molecule has 0 radical (unpaired) electrons. The van der Waals surface area contributed by atoms with Gasteiger partial charge in [-0.15, -0.1) is 0 Å². The molecule has 1 saturated heterocycles.